The van der Waals surface area contributed by atoms with E-state index >= 15 is 0 Å². The molecule has 54 heavy (non-hydrogen) atoms. The van der Waals surface area contributed by atoms with Gasteiger partial charge in [0.2, 0.25) is 6.79 Å². The molecule has 1 saturated heterocycles. The van der Waals surface area contributed by atoms with Gasteiger partial charge in [-0.25, -0.2) is 13.2 Å². The predicted octanol–water partition coefficient (Wildman–Crippen LogP) is 2.76. The molecule has 1 fully saturated rings. The zero-order chi connectivity index (χ0) is 37.2. The highest BCUT2D eigenvalue weighted by Crippen LogP contribution is 2.46. The molecule has 2 atom stereocenters. The number of nitrogens with zero attached hydrogens (tertiary/aromatic N) is 4. The molecule has 17 nitrogen and oxygen atoms in total. The van der Waals surface area contributed by atoms with Crippen molar-refractivity contribution in [3.63, 3.8) is 0 Å². The van der Waals surface area contributed by atoms with Crippen LogP contribution in [0.5, 0.6) is 17.4 Å². The Labute approximate surface area is 308 Å². The lowest BCUT2D eigenvalue weighted by molar-refractivity contribution is -0.832. The lowest BCUT2D eigenvalue weighted by Gasteiger charge is -2.36. The third-order valence-electron chi connectivity index (χ3n) is 9.37. The fraction of sp³-hybridized carbons (Fsp3) is 0.333. The first-order chi connectivity index (χ1) is 26.3. The summed E-state index contributed by atoms with van der Waals surface area (Å²) in [6.07, 6.45) is 0.391. The average Bonchev–Trinajstić information content (AvgIpc) is 3.96. The van der Waals surface area contributed by atoms with Gasteiger partial charge in [-0.3, -0.25) is 19.2 Å². The highest BCUT2D eigenvalue weighted by molar-refractivity contribution is 7.91. The Kier molecular flexibility index (Phi) is 9.80. The number of rotatable bonds is 16. The quantitative estimate of drug-likeness (QED) is 0.0876. The standard InChI is InChI=1S/C36H35N5O12S/c42-34-28-21-26-25-8-4-5-9-27(25)37-31(26)32(23-10-11-29-30(20-23)52-22-51-29)40(28)36(43)39(34)12-13-47-14-15-48-16-17-49-18-19-50-33-35(41(44)53-38-33)54(45,46)24-6-2-1-3-7-24/h1-11,20,28,32,37H,12-19,21-22H2/t28-,32+/m0/s1. The van der Waals surface area contributed by atoms with Crippen LogP contribution in [0, 0.1) is 5.21 Å². The maximum atomic E-state index is 13.9. The Morgan fingerprint density at radius 3 is 2.37 bits per heavy atom. The van der Waals surface area contributed by atoms with Crippen molar-refractivity contribution in [2.24, 2.45) is 0 Å². The van der Waals surface area contributed by atoms with Gasteiger partial charge in [0, 0.05) is 23.0 Å². The first-order valence-electron chi connectivity index (χ1n) is 17.2. The maximum Gasteiger partial charge on any atom is 0.415 e. The lowest BCUT2D eigenvalue weighted by Crippen LogP contribution is -2.44. The summed E-state index contributed by atoms with van der Waals surface area (Å²) in [5.74, 6) is 0.484. The molecular formula is C36H35N5O12S. The minimum absolute atomic E-state index is 0.0584. The van der Waals surface area contributed by atoms with Crippen LogP contribution < -0.4 is 19.1 Å². The number of hydrogen-bond donors (Lipinski definition) is 1. The van der Waals surface area contributed by atoms with Crippen molar-refractivity contribution in [3.8, 4) is 17.4 Å². The Balaban J connectivity index is 0.783. The van der Waals surface area contributed by atoms with Gasteiger partial charge in [0.25, 0.3) is 15.7 Å². The summed E-state index contributed by atoms with van der Waals surface area (Å²) in [7, 11) is -4.22. The third-order valence-corrected chi connectivity index (χ3v) is 11.1. The van der Waals surface area contributed by atoms with E-state index in [9.17, 15) is 23.2 Å². The highest BCUT2D eigenvalue weighted by atomic mass is 32.2. The summed E-state index contributed by atoms with van der Waals surface area (Å²) < 4.78 is 63.3. The molecular weight excluding hydrogens is 726 g/mol. The normalized spacial score (nSPS) is 17.7. The van der Waals surface area contributed by atoms with Crippen LogP contribution in [-0.2, 0) is 35.3 Å². The van der Waals surface area contributed by atoms with Gasteiger partial charge >= 0.3 is 16.9 Å². The summed E-state index contributed by atoms with van der Waals surface area (Å²) in [5, 5.41) is 15.7. The number of nitrogens with one attached hydrogen (secondary N) is 1. The maximum absolute atomic E-state index is 13.9. The van der Waals surface area contributed by atoms with Gasteiger partial charge in [0.05, 0.1) is 56.2 Å². The molecule has 3 amide bonds. The number of H-pyrrole nitrogens is 1. The fourth-order valence-corrected chi connectivity index (χ4v) is 8.19. The largest absolute Gasteiger partial charge is 0.454 e. The monoisotopic (exact) mass is 761 g/mol. The van der Waals surface area contributed by atoms with Crippen LogP contribution in [0.25, 0.3) is 10.9 Å². The van der Waals surface area contributed by atoms with Crippen molar-refractivity contribution in [1.82, 2.24) is 19.9 Å². The van der Waals surface area contributed by atoms with Crippen LogP contribution >= 0.6 is 0 Å². The number of fused-ring (bicyclic) bond motifs is 5. The van der Waals surface area contributed by atoms with Crippen LogP contribution in [0.3, 0.4) is 0 Å². The number of carbonyl (C=O) groups is 2. The number of para-hydroxylation sites is 1. The van der Waals surface area contributed by atoms with Crippen LogP contribution in [-0.4, -0.2) is 106 Å². The smallest absolute Gasteiger partial charge is 0.415 e. The SMILES string of the molecule is O=C1[C@@H]2Cc3c([nH]c4ccccc34)[C@@H](c3ccc4c(c3)OCO4)N2C(=O)N1CCOCCOCCOCCOc1no[n+]([O-])c1S(=O)(=O)c1ccccc1. The van der Waals surface area contributed by atoms with Crippen molar-refractivity contribution in [2.45, 2.75) is 28.4 Å². The van der Waals surface area contributed by atoms with Gasteiger partial charge in [0.15, 0.2) is 11.5 Å². The molecule has 0 aliphatic carbocycles. The van der Waals surface area contributed by atoms with Gasteiger partial charge in [-0.05, 0) is 46.4 Å². The third kappa shape index (κ3) is 6.57. The number of carbonyl (C=O) groups excluding carboxylic acids is 2. The van der Waals surface area contributed by atoms with Crippen LogP contribution in [0.2, 0.25) is 0 Å². The summed E-state index contributed by atoms with van der Waals surface area (Å²) >= 11 is 0. The second-order valence-electron chi connectivity index (χ2n) is 12.5. The molecule has 2 aromatic heterocycles. The number of urea groups is 1. The van der Waals surface area contributed by atoms with Crippen molar-refractivity contribution in [2.75, 3.05) is 59.6 Å². The van der Waals surface area contributed by atoms with E-state index in [0.29, 0.717) is 17.9 Å². The molecule has 3 aliphatic heterocycles. The molecule has 0 radical (unpaired) electrons. The van der Waals surface area contributed by atoms with E-state index in [1.54, 1.807) is 11.0 Å². The Bertz CT molecular complexity index is 2280. The number of imide groups is 1. The van der Waals surface area contributed by atoms with E-state index in [1.165, 1.54) is 29.2 Å². The summed E-state index contributed by atoms with van der Waals surface area (Å²) in [4.78, 5) is 33.8. The zero-order valence-electron chi connectivity index (χ0n) is 28.8. The topological polar surface area (TPSA) is 199 Å². The fourth-order valence-electron chi connectivity index (χ4n) is 6.90. The molecule has 3 aromatic carbocycles. The number of benzene rings is 3. The zero-order valence-corrected chi connectivity index (χ0v) is 29.6. The second-order valence-corrected chi connectivity index (χ2v) is 14.4. The average molecular weight is 762 g/mol. The van der Waals surface area contributed by atoms with Crippen molar-refractivity contribution in [3.05, 3.63) is 94.8 Å². The summed E-state index contributed by atoms with van der Waals surface area (Å²) in [6, 6.07) is 19.3. The van der Waals surface area contributed by atoms with Crippen LogP contribution in [0.15, 0.2) is 87.3 Å². The number of hydrogen-bond acceptors (Lipinski definition) is 13. The summed E-state index contributed by atoms with van der Waals surface area (Å²) in [5.41, 5.74) is 3.63. The number of ether oxygens (including phenoxy) is 6. The van der Waals surface area contributed by atoms with Crippen LogP contribution in [0.4, 0.5) is 4.79 Å². The minimum Gasteiger partial charge on any atom is -0.454 e. The molecule has 0 unspecified atom stereocenters. The van der Waals surface area contributed by atoms with Gasteiger partial charge in [-0.2, -0.15) is 0 Å². The first-order valence-corrected chi connectivity index (χ1v) is 18.7. The van der Waals surface area contributed by atoms with Crippen molar-refractivity contribution in [1.29, 1.82) is 0 Å². The van der Waals surface area contributed by atoms with E-state index in [0.717, 1.165) is 27.7 Å². The Morgan fingerprint density at radius 1 is 0.870 bits per heavy atom. The van der Waals surface area contributed by atoms with E-state index in [-0.39, 0.29) is 81.3 Å². The highest BCUT2D eigenvalue weighted by Gasteiger charge is 2.52. The molecule has 282 valence electrons. The van der Waals surface area contributed by atoms with Gasteiger partial charge in [0.1, 0.15) is 18.7 Å². The summed E-state index contributed by atoms with van der Waals surface area (Å²) in [6.45, 7) is 1.20. The van der Waals surface area contributed by atoms with E-state index < -0.39 is 32.8 Å². The Hall–Kier alpha value is -5.69. The molecule has 1 N–H and O–H groups in total. The van der Waals surface area contributed by atoms with E-state index in [2.05, 4.69) is 14.8 Å². The Morgan fingerprint density at radius 2 is 1.57 bits per heavy atom. The number of aromatic amines is 1. The second kappa shape index (κ2) is 15.0. The number of amides is 3. The van der Waals surface area contributed by atoms with Gasteiger partial charge in [-0.15, -0.1) is 0 Å². The van der Waals surface area contributed by atoms with Crippen LogP contribution in [0.1, 0.15) is 22.9 Å². The minimum atomic E-state index is -4.22. The molecule has 18 heteroatoms. The van der Waals surface area contributed by atoms with E-state index in [1.807, 2.05) is 42.5 Å². The molecule has 8 rings (SSSR count). The predicted molar refractivity (Wildman–Crippen MR) is 184 cm³/mol. The van der Waals surface area contributed by atoms with Crippen molar-refractivity contribution < 1.29 is 56.0 Å². The number of aromatic nitrogens is 3. The molecule has 0 saturated carbocycles. The van der Waals surface area contributed by atoms with Gasteiger partial charge < -0.3 is 38.6 Å². The van der Waals surface area contributed by atoms with Gasteiger partial charge in [-0.1, -0.05) is 42.5 Å². The lowest BCUT2D eigenvalue weighted by atomic mass is 9.88. The van der Waals surface area contributed by atoms with Crippen molar-refractivity contribution >= 4 is 32.7 Å². The molecule has 5 aromatic rings. The number of sulfone groups is 1. The molecule has 5 heterocycles. The van der Waals surface area contributed by atoms with E-state index in [4.69, 9.17) is 28.4 Å². The molecule has 0 bridgehead atoms. The first kappa shape index (κ1) is 35.3. The molecule has 0 spiro atoms. The molecule has 3 aliphatic rings.